The average molecular weight is 356 g/mol. The zero-order chi connectivity index (χ0) is 17.6. The highest BCUT2D eigenvalue weighted by Gasteiger charge is 2.27. The number of carbonyl (C=O) groups is 1. The first-order valence-corrected chi connectivity index (χ1v) is 9.20. The van der Waals surface area contributed by atoms with E-state index in [1.807, 2.05) is 23.7 Å². The molecule has 0 spiro atoms. The Kier molecular flexibility index (Phi) is 3.91. The third-order valence-electron chi connectivity index (χ3n) is 4.43. The molecular formula is C17H20N6OS. The molecule has 3 aromatic rings. The SMILES string of the molecule is CC(=O)N[C@@H]1CCN(c2cc(C)nn3c(-c4nccs4)c(C)nc23)C1. The minimum absolute atomic E-state index is 0.0191. The third-order valence-corrected chi connectivity index (χ3v) is 5.21. The second kappa shape index (κ2) is 6.11. The molecule has 1 N–H and O–H groups in total. The number of fused-ring (bicyclic) bond motifs is 1. The fourth-order valence-corrected chi connectivity index (χ4v) is 4.15. The third kappa shape index (κ3) is 2.86. The van der Waals surface area contributed by atoms with E-state index in [0.717, 1.165) is 52.9 Å². The normalized spacial score (nSPS) is 17.4. The molecule has 7 nitrogen and oxygen atoms in total. The van der Waals surface area contributed by atoms with E-state index in [1.54, 1.807) is 24.5 Å². The number of amides is 1. The van der Waals surface area contributed by atoms with Crippen molar-refractivity contribution in [1.29, 1.82) is 0 Å². The first-order valence-electron chi connectivity index (χ1n) is 8.32. The van der Waals surface area contributed by atoms with E-state index in [2.05, 4.69) is 26.4 Å². The van der Waals surface area contributed by atoms with Crippen LogP contribution >= 0.6 is 11.3 Å². The first-order chi connectivity index (χ1) is 12.0. The fraction of sp³-hybridized carbons (Fsp3) is 0.412. The topological polar surface area (TPSA) is 75.4 Å². The van der Waals surface area contributed by atoms with Gasteiger partial charge in [-0.1, -0.05) is 0 Å². The molecule has 8 heteroatoms. The largest absolute Gasteiger partial charge is 0.366 e. The maximum absolute atomic E-state index is 11.3. The van der Waals surface area contributed by atoms with Crippen molar-refractivity contribution in [2.75, 3.05) is 18.0 Å². The van der Waals surface area contributed by atoms with Crippen LogP contribution < -0.4 is 10.2 Å². The van der Waals surface area contributed by atoms with Crippen LogP contribution in [0.5, 0.6) is 0 Å². The number of rotatable bonds is 3. The lowest BCUT2D eigenvalue weighted by atomic mass is 10.2. The Morgan fingerprint density at radius 1 is 1.40 bits per heavy atom. The van der Waals surface area contributed by atoms with Gasteiger partial charge in [0, 0.05) is 37.6 Å². The van der Waals surface area contributed by atoms with Crippen LogP contribution in [0.2, 0.25) is 0 Å². The molecule has 25 heavy (non-hydrogen) atoms. The van der Waals surface area contributed by atoms with Crippen molar-refractivity contribution in [3.8, 4) is 10.7 Å². The van der Waals surface area contributed by atoms with Gasteiger partial charge in [-0.3, -0.25) is 4.79 Å². The van der Waals surface area contributed by atoms with Crippen molar-refractivity contribution in [1.82, 2.24) is 24.9 Å². The molecule has 130 valence electrons. The average Bonchev–Trinajstić information content (AvgIpc) is 3.25. The second-order valence-corrected chi connectivity index (χ2v) is 7.32. The molecule has 1 aliphatic heterocycles. The molecule has 0 saturated carbocycles. The molecule has 1 atom stereocenters. The van der Waals surface area contributed by atoms with Crippen LogP contribution in [0.3, 0.4) is 0 Å². The number of nitrogens with one attached hydrogen (secondary N) is 1. The molecule has 4 heterocycles. The molecule has 0 unspecified atom stereocenters. The molecule has 1 amide bonds. The lowest BCUT2D eigenvalue weighted by Crippen LogP contribution is -2.35. The lowest BCUT2D eigenvalue weighted by Gasteiger charge is -2.20. The van der Waals surface area contributed by atoms with Gasteiger partial charge in [0.2, 0.25) is 5.91 Å². The maximum atomic E-state index is 11.3. The van der Waals surface area contributed by atoms with E-state index >= 15 is 0 Å². The summed E-state index contributed by atoms with van der Waals surface area (Å²) in [5.41, 5.74) is 4.71. The van der Waals surface area contributed by atoms with Crippen molar-refractivity contribution >= 4 is 28.6 Å². The molecule has 0 radical (unpaired) electrons. The summed E-state index contributed by atoms with van der Waals surface area (Å²) in [6.45, 7) is 7.23. The van der Waals surface area contributed by atoms with E-state index < -0.39 is 0 Å². The summed E-state index contributed by atoms with van der Waals surface area (Å²) in [4.78, 5) is 22.8. The Morgan fingerprint density at radius 2 is 2.24 bits per heavy atom. The van der Waals surface area contributed by atoms with Crippen molar-refractivity contribution < 1.29 is 4.79 Å². The highest BCUT2D eigenvalue weighted by atomic mass is 32.1. The van der Waals surface area contributed by atoms with Crippen molar-refractivity contribution in [3.63, 3.8) is 0 Å². The van der Waals surface area contributed by atoms with Crippen LogP contribution in [-0.2, 0) is 4.79 Å². The van der Waals surface area contributed by atoms with E-state index in [0.29, 0.717) is 0 Å². The van der Waals surface area contributed by atoms with Crippen molar-refractivity contribution in [3.05, 3.63) is 29.0 Å². The Morgan fingerprint density at radius 3 is 2.96 bits per heavy atom. The molecule has 1 aliphatic rings. The standard InChI is InChI=1S/C17H20N6OS/c1-10-8-14(22-6-4-13(9-22)20-12(3)24)16-19-11(2)15(23(16)21-10)17-18-5-7-25-17/h5,7-8,13H,4,6,9H2,1-3H3,(H,20,24)/t13-/m1/s1. The Hall–Kier alpha value is -2.48. The van der Waals surface area contributed by atoms with Gasteiger partial charge in [0.25, 0.3) is 0 Å². The van der Waals surface area contributed by atoms with Crippen LogP contribution in [0.1, 0.15) is 24.7 Å². The summed E-state index contributed by atoms with van der Waals surface area (Å²) in [6, 6.07) is 2.25. The molecule has 4 rings (SSSR count). The quantitative estimate of drug-likeness (QED) is 0.778. The van der Waals surface area contributed by atoms with Crippen LogP contribution in [0.4, 0.5) is 5.69 Å². The number of imidazole rings is 1. The minimum Gasteiger partial charge on any atom is -0.366 e. The molecule has 1 fully saturated rings. The maximum Gasteiger partial charge on any atom is 0.217 e. The number of aryl methyl sites for hydroxylation is 2. The van der Waals surface area contributed by atoms with Crippen LogP contribution in [0.15, 0.2) is 17.6 Å². The number of thiazole rings is 1. The van der Waals surface area contributed by atoms with Gasteiger partial charge in [-0.05, 0) is 26.3 Å². The number of carbonyl (C=O) groups excluding carboxylic acids is 1. The van der Waals surface area contributed by atoms with Crippen molar-refractivity contribution in [2.45, 2.75) is 33.2 Å². The van der Waals surface area contributed by atoms with Gasteiger partial charge in [0.15, 0.2) is 5.65 Å². The molecule has 0 bridgehead atoms. The summed E-state index contributed by atoms with van der Waals surface area (Å²) < 4.78 is 1.91. The van der Waals surface area contributed by atoms with Gasteiger partial charge >= 0.3 is 0 Å². The van der Waals surface area contributed by atoms with Crippen LogP contribution in [0, 0.1) is 13.8 Å². The summed E-state index contributed by atoms with van der Waals surface area (Å²) >= 11 is 1.59. The predicted molar refractivity (Wildman–Crippen MR) is 98.0 cm³/mol. The summed E-state index contributed by atoms with van der Waals surface area (Å²) in [7, 11) is 0. The Balaban J connectivity index is 1.78. The van der Waals surface area contributed by atoms with Gasteiger partial charge < -0.3 is 10.2 Å². The highest BCUT2D eigenvalue weighted by Crippen LogP contribution is 2.31. The Labute approximate surface area is 149 Å². The molecule has 3 aromatic heterocycles. The highest BCUT2D eigenvalue weighted by molar-refractivity contribution is 7.13. The minimum atomic E-state index is 0.0191. The van der Waals surface area contributed by atoms with Gasteiger partial charge in [-0.2, -0.15) is 5.10 Å². The number of aromatic nitrogens is 4. The molecule has 0 aliphatic carbocycles. The number of nitrogens with zero attached hydrogens (tertiary/aromatic N) is 5. The molecular weight excluding hydrogens is 336 g/mol. The van der Waals surface area contributed by atoms with Crippen molar-refractivity contribution in [2.24, 2.45) is 0 Å². The monoisotopic (exact) mass is 356 g/mol. The molecule has 0 aromatic carbocycles. The fourth-order valence-electron chi connectivity index (χ4n) is 3.43. The van der Waals surface area contributed by atoms with Gasteiger partial charge in [0.05, 0.1) is 17.1 Å². The smallest absolute Gasteiger partial charge is 0.217 e. The summed E-state index contributed by atoms with van der Waals surface area (Å²) in [5, 5.41) is 10.6. The number of anilines is 1. The lowest BCUT2D eigenvalue weighted by molar-refractivity contribution is -0.119. The second-order valence-electron chi connectivity index (χ2n) is 6.42. The zero-order valence-corrected chi connectivity index (χ0v) is 15.3. The van der Waals surface area contributed by atoms with E-state index in [4.69, 9.17) is 4.98 Å². The van der Waals surface area contributed by atoms with E-state index in [1.165, 1.54) is 0 Å². The van der Waals surface area contributed by atoms with Crippen LogP contribution in [-0.4, -0.2) is 44.6 Å². The first kappa shape index (κ1) is 16.0. The predicted octanol–water partition coefficient (Wildman–Crippen LogP) is 2.18. The number of hydrogen-bond acceptors (Lipinski definition) is 6. The summed E-state index contributed by atoms with van der Waals surface area (Å²) in [6.07, 6.45) is 2.74. The van der Waals surface area contributed by atoms with Gasteiger partial charge in [-0.25, -0.2) is 14.5 Å². The van der Waals surface area contributed by atoms with Gasteiger partial charge in [0.1, 0.15) is 10.7 Å². The van der Waals surface area contributed by atoms with E-state index in [-0.39, 0.29) is 11.9 Å². The van der Waals surface area contributed by atoms with E-state index in [9.17, 15) is 4.79 Å². The zero-order valence-electron chi connectivity index (χ0n) is 14.5. The van der Waals surface area contributed by atoms with Crippen LogP contribution in [0.25, 0.3) is 16.3 Å². The summed E-state index contributed by atoms with van der Waals surface area (Å²) in [5.74, 6) is 0.0191. The number of hydrogen-bond donors (Lipinski definition) is 1. The van der Waals surface area contributed by atoms with Gasteiger partial charge in [-0.15, -0.1) is 11.3 Å². The Bertz CT molecular complexity index is 932. The molecule has 1 saturated heterocycles.